The minimum atomic E-state index is -0.0428. The van der Waals surface area contributed by atoms with Crippen molar-refractivity contribution in [2.24, 2.45) is 17.6 Å². The molecule has 3 N–H and O–H groups in total. The van der Waals surface area contributed by atoms with Gasteiger partial charge in [-0.3, -0.25) is 4.79 Å². The molecule has 0 aliphatic carbocycles. The van der Waals surface area contributed by atoms with Gasteiger partial charge in [0.1, 0.15) is 0 Å². The summed E-state index contributed by atoms with van der Waals surface area (Å²) in [5.74, 6) is 0.312. The Balaban J connectivity index is 2.42. The Morgan fingerprint density at radius 2 is 2.00 bits per heavy atom. The molecule has 0 aromatic rings. The van der Waals surface area contributed by atoms with Crippen molar-refractivity contribution in [3.05, 3.63) is 0 Å². The second-order valence-corrected chi connectivity index (χ2v) is 5.23. The molecule has 5 unspecified atom stereocenters. The zero-order chi connectivity index (χ0) is 13.0. The van der Waals surface area contributed by atoms with Gasteiger partial charge in [-0.1, -0.05) is 20.3 Å². The molecule has 0 spiro atoms. The summed E-state index contributed by atoms with van der Waals surface area (Å²) in [6.07, 6.45) is 2.16. The van der Waals surface area contributed by atoms with Gasteiger partial charge >= 0.3 is 0 Å². The summed E-state index contributed by atoms with van der Waals surface area (Å²) in [6.45, 7) is 8.73. The molecule has 4 nitrogen and oxygen atoms in total. The lowest BCUT2D eigenvalue weighted by Crippen LogP contribution is -2.43. The maximum atomic E-state index is 12.1. The highest BCUT2D eigenvalue weighted by molar-refractivity contribution is 5.79. The summed E-state index contributed by atoms with van der Waals surface area (Å²) in [5, 5.41) is 2.95. The molecule has 0 bridgehead atoms. The van der Waals surface area contributed by atoms with Crippen molar-refractivity contribution in [3.63, 3.8) is 0 Å². The third kappa shape index (κ3) is 3.68. The lowest BCUT2D eigenvalue weighted by atomic mass is 9.89. The van der Waals surface area contributed by atoms with Crippen LogP contribution in [-0.2, 0) is 9.53 Å². The van der Waals surface area contributed by atoms with Crippen LogP contribution in [0.2, 0.25) is 0 Å². The predicted octanol–water partition coefficient (Wildman–Crippen LogP) is 1.29. The van der Waals surface area contributed by atoms with Gasteiger partial charge in [0.05, 0.1) is 18.1 Å². The normalized spacial score (nSPS) is 34.6. The van der Waals surface area contributed by atoms with E-state index < -0.39 is 0 Å². The predicted molar refractivity (Wildman–Crippen MR) is 68.6 cm³/mol. The molecule has 0 saturated carbocycles. The van der Waals surface area contributed by atoms with Crippen LogP contribution in [-0.4, -0.2) is 30.7 Å². The van der Waals surface area contributed by atoms with Gasteiger partial charge in [0.25, 0.3) is 0 Å². The van der Waals surface area contributed by atoms with Crippen molar-refractivity contribution in [2.45, 2.75) is 58.8 Å². The summed E-state index contributed by atoms with van der Waals surface area (Å²) in [7, 11) is 0. The number of ether oxygens (including phenoxy) is 1. The van der Waals surface area contributed by atoms with Crippen molar-refractivity contribution in [2.75, 3.05) is 6.54 Å². The van der Waals surface area contributed by atoms with E-state index in [9.17, 15) is 4.79 Å². The molecule has 17 heavy (non-hydrogen) atoms. The van der Waals surface area contributed by atoms with Crippen molar-refractivity contribution in [1.29, 1.82) is 0 Å². The van der Waals surface area contributed by atoms with E-state index in [1.54, 1.807) is 0 Å². The average molecular weight is 242 g/mol. The van der Waals surface area contributed by atoms with E-state index in [1.807, 2.05) is 13.8 Å². The van der Waals surface area contributed by atoms with Crippen LogP contribution in [0.4, 0.5) is 0 Å². The first-order valence-corrected chi connectivity index (χ1v) is 6.66. The number of rotatable bonds is 5. The molecule has 1 amide bonds. The van der Waals surface area contributed by atoms with Crippen molar-refractivity contribution >= 4 is 5.91 Å². The van der Waals surface area contributed by atoms with Crippen LogP contribution < -0.4 is 11.1 Å². The van der Waals surface area contributed by atoms with E-state index >= 15 is 0 Å². The Morgan fingerprint density at radius 3 is 2.47 bits per heavy atom. The van der Waals surface area contributed by atoms with Gasteiger partial charge in [-0.25, -0.2) is 0 Å². The second kappa shape index (κ2) is 6.36. The number of nitrogens with one attached hydrogen (secondary N) is 1. The van der Waals surface area contributed by atoms with E-state index in [4.69, 9.17) is 10.5 Å². The van der Waals surface area contributed by atoms with Gasteiger partial charge in [-0.05, 0) is 26.2 Å². The molecule has 100 valence electrons. The maximum absolute atomic E-state index is 12.1. The minimum absolute atomic E-state index is 0.00222. The van der Waals surface area contributed by atoms with E-state index in [1.165, 1.54) is 0 Å². The topological polar surface area (TPSA) is 64.3 Å². The summed E-state index contributed by atoms with van der Waals surface area (Å²) < 4.78 is 5.67. The number of hydrogen-bond donors (Lipinski definition) is 2. The Kier molecular flexibility index (Phi) is 5.40. The molecule has 1 rings (SSSR count). The minimum Gasteiger partial charge on any atom is -0.374 e. The van der Waals surface area contributed by atoms with Gasteiger partial charge in [0, 0.05) is 12.6 Å². The van der Waals surface area contributed by atoms with E-state index in [2.05, 4.69) is 19.2 Å². The first kappa shape index (κ1) is 14.5. The SMILES string of the molecule is CCCC(N)CNC(=O)C1C(C)OC(C)C1C. The van der Waals surface area contributed by atoms with Crippen LogP contribution in [0.25, 0.3) is 0 Å². The van der Waals surface area contributed by atoms with Crippen molar-refractivity contribution in [1.82, 2.24) is 5.32 Å². The van der Waals surface area contributed by atoms with Gasteiger partial charge in [0.15, 0.2) is 0 Å². The van der Waals surface area contributed by atoms with Crippen LogP contribution in [0.5, 0.6) is 0 Å². The van der Waals surface area contributed by atoms with E-state index in [0.29, 0.717) is 6.54 Å². The quantitative estimate of drug-likeness (QED) is 0.763. The Labute approximate surface area is 104 Å². The number of amides is 1. The zero-order valence-corrected chi connectivity index (χ0v) is 11.4. The summed E-state index contributed by atoms with van der Waals surface area (Å²) in [5.41, 5.74) is 5.88. The summed E-state index contributed by atoms with van der Waals surface area (Å²) in [4.78, 5) is 12.1. The number of hydrogen-bond acceptors (Lipinski definition) is 3. The Morgan fingerprint density at radius 1 is 1.35 bits per heavy atom. The molecule has 0 aromatic heterocycles. The molecular weight excluding hydrogens is 216 g/mol. The lowest BCUT2D eigenvalue weighted by Gasteiger charge is -2.19. The molecular formula is C13H26N2O2. The van der Waals surface area contributed by atoms with Crippen molar-refractivity contribution < 1.29 is 9.53 Å². The largest absolute Gasteiger partial charge is 0.374 e. The molecule has 5 atom stereocenters. The van der Waals surface area contributed by atoms with Gasteiger partial charge < -0.3 is 15.8 Å². The fourth-order valence-corrected chi connectivity index (χ4v) is 2.54. The zero-order valence-electron chi connectivity index (χ0n) is 11.4. The van der Waals surface area contributed by atoms with Crippen LogP contribution >= 0.6 is 0 Å². The summed E-state index contributed by atoms with van der Waals surface area (Å²) in [6, 6.07) is 0.0642. The molecule has 1 aliphatic heterocycles. The molecule has 1 heterocycles. The monoisotopic (exact) mass is 242 g/mol. The van der Waals surface area contributed by atoms with Crippen LogP contribution in [0, 0.1) is 11.8 Å². The van der Waals surface area contributed by atoms with Gasteiger partial charge in [-0.15, -0.1) is 0 Å². The first-order chi connectivity index (χ1) is 7.97. The highest BCUT2D eigenvalue weighted by atomic mass is 16.5. The van der Waals surface area contributed by atoms with Gasteiger partial charge in [-0.2, -0.15) is 0 Å². The Hall–Kier alpha value is -0.610. The number of nitrogens with two attached hydrogens (primary N) is 1. The number of carbonyl (C=O) groups excluding carboxylic acids is 1. The molecule has 1 saturated heterocycles. The van der Waals surface area contributed by atoms with Gasteiger partial charge in [0.2, 0.25) is 5.91 Å². The fourth-order valence-electron chi connectivity index (χ4n) is 2.54. The molecule has 0 aromatic carbocycles. The second-order valence-electron chi connectivity index (χ2n) is 5.23. The third-order valence-corrected chi connectivity index (χ3v) is 3.74. The average Bonchev–Trinajstić information content (AvgIpc) is 2.50. The Bertz CT molecular complexity index is 258. The first-order valence-electron chi connectivity index (χ1n) is 6.66. The van der Waals surface area contributed by atoms with E-state index in [-0.39, 0.29) is 36.0 Å². The van der Waals surface area contributed by atoms with Crippen LogP contribution in [0.3, 0.4) is 0 Å². The molecule has 1 aliphatic rings. The van der Waals surface area contributed by atoms with Crippen LogP contribution in [0.15, 0.2) is 0 Å². The standard InChI is InChI=1S/C13H26N2O2/c1-5-6-11(14)7-15-13(16)12-8(2)9(3)17-10(12)4/h8-12H,5-7,14H2,1-4H3,(H,15,16). The smallest absolute Gasteiger partial charge is 0.226 e. The van der Waals surface area contributed by atoms with Crippen LogP contribution in [0.1, 0.15) is 40.5 Å². The molecule has 0 radical (unpaired) electrons. The molecule has 4 heteroatoms. The fraction of sp³-hybridized carbons (Fsp3) is 0.923. The highest BCUT2D eigenvalue weighted by Gasteiger charge is 2.41. The third-order valence-electron chi connectivity index (χ3n) is 3.74. The number of carbonyl (C=O) groups is 1. The lowest BCUT2D eigenvalue weighted by molar-refractivity contribution is -0.127. The molecule has 1 fully saturated rings. The van der Waals surface area contributed by atoms with E-state index in [0.717, 1.165) is 12.8 Å². The maximum Gasteiger partial charge on any atom is 0.226 e. The van der Waals surface area contributed by atoms with Crippen molar-refractivity contribution in [3.8, 4) is 0 Å². The summed E-state index contributed by atoms with van der Waals surface area (Å²) >= 11 is 0. The highest BCUT2D eigenvalue weighted by Crippen LogP contribution is 2.32.